The van der Waals surface area contributed by atoms with Crippen LogP contribution in [0.5, 0.6) is 5.88 Å². The van der Waals surface area contributed by atoms with Crippen LogP contribution in [0.2, 0.25) is 0 Å². The molecule has 9 nitrogen and oxygen atoms in total. The van der Waals surface area contributed by atoms with Gasteiger partial charge in [-0.1, -0.05) is 6.92 Å². The Morgan fingerprint density at radius 3 is 2.95 bits per heavy atom. The van der Waals surface area contributed by atoms with Gasteiger partial charge in [-0.3, -0.25) is 0 Å². The van der Waals surface area contributed by atoms with Crippen LogP contribution in [0.3, 0.4) is 0 Å². The summed E-state index contributed by atoms with van der Waals surface area (Å²) in [6, 6.07) is 9.97. The summed E-state index contributed by atoms with van der Waals surface area (Å²) in [6.45, 7) is 3.73. The summed E-state index contributed by atoms with van der Waals surface area (Å²) < 4.78 is 12.0. The first-order valence-corrected chi connectivity index (χ1v) is 12.9. The van der Waals surface area contributed by atoms with E-state index in [1.807, 2.05) is 31.2 Å². The molecule has 3 N–H and O–H groups in total. The van der Waals surface area contributed by atoms with E-state index in [1.165, 1.54) is 12.8 Å². The molecule has 2 aromatic heterocycles. The Bertz CT molecular complexity index is 1380. The zero-order valence-electron chi connectivity index (χ0n) is 20.9. The fourth-order valence-corrected chi connectivity index (χ4v) is 5.37. The van der Waals surface area contributed by atoms with Gasteiger partial charge in [-0.2, -0.15) is 5.26 Å². The first-order chi connectivity index (χ1) is 18.1. The maximum atomic E-state index is 10.0. The molecule has 1 unspecified atom stereocenters. The van der Waals surface area contributed by atoms with Gasteiger partial charge in [0, 0.05) is 35.7 Å². The lowest BCUT2D eigenvalue weighted by Gasteiger charge is -2.22. The highest BCUT2D eigenvalue weighted by Crippen LogP contribution is 2.41. The molecule has 4 heterocycles. The minimum Gasteiger partial charge on any atom is -0.473 e. The molecule has 0 bridgehead atoms. The van der Waals surface area contributed by atoms with Gasteiger partial charge in [-0.05, 0) is 55.5 Å². The number of benzene rings is 1. The van der Waals surface area contributed by atoms with E-state index in [2.05, 4.69) is 21.7 Å². The molecule has 1 atom stereocenters. The molecular weight excluding hydrogens is 468 g/mol. The minimum absolute atomic E-state index is 0.0171. The van der Waals surface area contributed by atoms with E-state index < -0.39 is 5.41 Å². The molecule has 6 rings (SSSR count). The lowest BCUT2D eigenvalue weighted by Crippen LogP contribution is -2.28. The molecule has 3 aromatic rings. The molecule has 1 aromatic carbocycles. The van der Waals surface area contributed by atoms with Crippen LogP contribution >= 0.6 is 0 Å². The lowest BCUT2D eigenvalue weighted by molar-refractivity contribution is 0.108. The first-order valence-electron chi connectivity index (χ1n) is 12.9. The Hall–Kier alpha value is -3.74. The van der Waals surface area contributed by atoms with Crippen LogP contribution in [0.4, 0.5) is 17.3 Å². The van der Waals surface area contributed by atoms with Gasteiger partial charge >= 0.3 is 0 Å². The number of fused-ring (bicyclic) bond motifs is 2. The second-order valence-electron chi connectivity index (χ2n) is 10.3. The summed E-state index contributed by atoms with van der Waals surface area (Å²) in [5.74, 6) is 0.991. The predicted octanol–water partition coefficient (Wildman–Crippen LogP) is 4.22. The highest BCUT2D eigenvalue weighted by atomic mass is 16.5. The molecule has 1 aliphatic carbocycles. The number of nitrogens with one attached hydrogen (secondary N) is 2. The number of aromatic nitrogens is 3. The van der Waals surface area contributed by atoms with Gasteiger partial charge in [-0.25, -0.2) is 15.0 Å². The molecule has 0 radical (unpaired) electrons. The molecule has 3 aliphatic rings. The predicted molar refractivity (Wildman–Crippen MR) is 139 cm³/mol. The van der Waals surface area contributed by atoms with Gasteiger partial charge in [0.25, 0.3) is 0 Å². The van der Waals surface area contributed by atoms with Gasteiger partial charge in [0.05, 0.1) is 42.5 Å². The van der Waals surface area contributed by atoms with Crippen LogP contribution in [0.1, 0.15) is 55.0 Å². The monoisotopic (exact) mass is 498 g/mol. The molecule has 0 spiro atoms. The summed E-state index contributed by atoms with van der Waals surface area (Å²) in [5.41, 5.74) is 6.02. The average Bonchev–Trinajstić information content (AvgIpc) is 3.57. The smallest absolute Gasteiger partial charge is 0.238 e. The molecule has 37 heavy (non-hydrogen) atoms. The summed E-state index contributed by atoms with van der Waals surface area (Å²) >= 11 is 0. The zero-order valence-corrected chi connectivity index (χ0v) is 20.9. The van der Waals surface area contributed by atoms with Crippen molar-refractivity contribution in [1.29, 1.82) is 5.26 Å². The Morgan fingerprint density at radius 1 is 1.27 bits per heavy atom. The molecule has 9 heteroatoms. The van der Waals surface area contributed by atoms with Crippen molar-refractivity contribution in [2.45, 2.75) is 57.2 Å². The second-order valence-corrected chi connectivity index (χ2v) is 10.3. The van der Waals surface area contributed by atoms with Crippen molar-refractivity contribution in [2.24, 2.45) is 0 Å². The number of aliphatic hydroxyl groups excluding tert-OH is 1. The third kappa shape index (κ3) is 4.47. The standard InChI is InChI=1S/C28H30N6O3/c1-28(16-35)15-31-25-18(13-29)10-17(11-21(25)28)22-6-8-30-27(33-22)34-24-12-19-14-36-9-7-23(19)32-26(24)37-20-4-2-3-5-20/h6,8,10-12,20,31,35H,2-5,7,9,14-16H2,1H3,(H,30,33,34). The summed E-state index contributed by atoms with van der Waals surface area (Å²) in [4.78, 5) is 14.1. The molecular formula is C28H30N6O3. The third-order valence-corrected chi connectivity index (χ3v) is 7.59. The Balaban J connectivity index is 1.35. The van der Waals surface area contributed by atoms with Gasteiger partial charge < -0.3 is 25.2 Å². The van der Waals surface area contributed by atoms with Crippen LogP contribution in [-0.2, 0) is 23.2 Å². The molecule has 1 fully saturated rings. The van der Waals surface area contributed by atoms with E-state index in [0.29, 0.717) is 42.8 Å². The number of aliphatic hydroxyl groups is 1. The normalized spacial score (nSPS) is 20.6. The number of anilines is 3. The van der Waals surface area contributed by atoms with E-state index in [9.17, 15) is 10.4 Å². The fraction of sp³-hybridized carbons (Fsp3) is 0.429. The first kappa shape index (κ1) is 23.6. The summed E-state index contributed by atoms with van der Waals surface area (Å²) in [5, 5.41) is 26.4. The van der Waals surface area contributed by atoms with E-state index in [0.717, 1.165) is 53.0 Å². The summed E-state index contributed by atoms with van der Waals surface area (Å²) in [6.07, 6.45) is 7.05. The Morgan fingerprint density at radius 2 is 2.14 bits per heavy atom. The zero-order chi connectivity index (χ0) is 25.4. The van der Waals surface area contributed by atoms with E-state index in [1.54, 1.807) is 6.20 Å². The molecule has 0 amide bonds. The number of hydrogen-bond donors (Lipinski definition) is 3. The molecule has 2 aliphatic heterocycles. The topological polar surface area (TPSA) is 125 Å². The Labute approximate surface area is 215 Å². The van der Waals surface area contributed by atoms with Crippen molar-refractivity contribution in [1.82, 2.24) is 15.0 Å². The Kier molecular flexibility index (Phi) is 6.14. The lowest BCUT2D eigenvalue weighted by atomic mass is 9.83. The highest BCUT2D eigenvalue weighted by molar-refractivity contribution is 5.76. The average molecular weight is 499 g/mol. The number of pyridine rings is 1. The SMILES string of the molecule is CC1(CO)CNc2c(C#N)cc(-c3ccnc(Nc4cc5c(nc4OC4CCCC4)CCOC5)n3)cc21. The van der Waals surface area contributed by atoms with E-state index in [-0.39, 0.29) is 12.7 Å². The van der Waals surface area contributed by atoms with Crippen molar-refractivity contribution >= 4 is 17.3 Å². The van der Waals surface area contributed by atoms with Gasteiger partial charge in [-0.15, -0.1) is 0 Å². The quantitative estimate of drug-likeness (QED) is 0.458. The van der Waals surface area contributed by atoms with Crippen LogP contribution in [-0.4, -0.2) is 45.9 Å². The van der Waals surface area contributed by atoms with Crippen molar-refractivity contribution in [3.05, 3.63) is 52.8 Å². The van der Waals surface area contributed by atoms with Crippen LogP contribution < -0.4 is 15.4 Å². The maximum Gasteiger partial charge on any atom is 0.238 e. The van der Waals surface area contributed by atoms with Crippen molar-refractivity contribution < 1.29 is 14.6 Å². The maximum absolute atomic E-state index is 10.0. The van der Waals surface area contributed by atoms with Gasteiger partial charge in [0.2, 0.25) is 11.8 Å². The summed E-state index contributed by atoms with van der Waals surface area (Å²) in [7, 11) is 0. The molecule has 190 valence electrons. The number of ether oxygens (including phenoxy) is 2. The third-order valence-electron chi connectivity index (χ3n) is 7.59. The van der Waals surface area contributed by atoms with Crippen molar-refractivity contribution in [3.63, 3.8) is 0 Å². The molecule has 1 saturated carbocycles. The minimum atomic E-state index is -0.464. The number of nitrogens with zero attached hydrogens (tertiary/aromatic N) is 4. The van der Waals surface area contributed by atoms with Gasteiger partial charge in [0.1, 0.15) is 17.9 Å². The van der Waals surface area contributed by atoms with Crippen molar-refractivity contribution in [3.8, 4) is 23.2 Å². The molecule has 0 saturated heterocycles. The van der Waals surface area contributed by atoms with Crippen LogP contribution in [0.15, 0.2) is 30.5 Å². The van der Waals surface area contributed by atoms with Crippen molar-refractivity contribution in [2.75, 3.05) is 30.4 Å². The van der Waals surface area contributed by atoms with E-state index >= 15 is 0 Å². The number of hydrogen-bond acceptors (Lipinski definition) is 9. The fourth-order valence-electron chi connectivity index (χ4n) is 5.37. The number of nitriles is 1. The highest BCUT2D eigenvalue weighted by Gasteiger charge is 2.36. The van der Waals surface area contributed by atoms with Gasteiger partial charge in [0.15, 0.2) is 0 Å². The second kappa shape index (κ2) is 9.61. The van der Waals surface area contributed by atoms with E-state index in [4.69, 9.17) is 19.4 Å². The van der Waals surface area contributed by atoms with Crippen LogP contribution in [0, 0.1) is 11.3 Å². The largest absolute Gasteiger partial charge is 0.473 e. The van der Waals surface area contributed by atoms with Crippen LogP contribution in [0.25, 0.3) is 11.3 Å². The number of rotatable bonds is 6.